The van der Waals surface area contributed by atoms with E-state index in [1.54, 1.807) is 4.90 Å². The molecule has 2 fully saturated rings. The van der Waals surface area contributed by atoms with Crippen LogP contribution in [0.25, 0.3) is 0 Å². The van der Waals surface area contributed by atoms with E-state index in [1.807, 2.05) is 13.8 Å². The number of nitrogens with zero attached hydrogens (tertiary/aromatic N) is 1. The molecule has 2 N–H and O–H groups in total. The predicted molar refractivity (Wildman–Crippen MR) is 67.3 cm³/mol. The zero-order valence-electron chi connectivity index (χ0n) is 11.3. The highest BCUT2D eigenvalue weighted by molar-refractivity contribution is 5.93. The van der Waals surface area contributed by atoms with Crippen LogP contribution in [0.2, 0.25) is 0 Å². The van der Waals surface area contributed by atoms with Gasteiger partial charge in [0.1, 0.15) is 5.54 Å². The summed E-state index contributed by atoms with van der Waals surface area (Å²) in [6.07, 6.45) is 1.94. The molecule has 1 saturated carbocycles. The summed E-state index contributed by atoms with van der Waals surface area (Å²) in [6.45, 7) is 4.20. The lowest BCUT2D eigenvalue weighted by molar-refractivity contribution is -0.152. The molecule has 0 aromatic carbocycles. The average Bonchev–Trinajstić information content (AvgIpc) is 2.65. The molecule has 19 heavy (non-hydrogen) atoms. The highest BCUT2D eigenvalue weighted by Gasteiger charge is 2.47. The number of hydrogen-bond acceptors (Lipinski definition) is 3. The molecule has 1 saturated heterocycles. The van der Waals surface area contributed by atoms with Crippen LogP contribution in [0.1, 0.15) is 39.5 Å². The lowest BCUT2D eigenvalue weighted by atomic mass is 9.76. The molecule has 106 valence electrons. The maximum atomic E-state index is 12.1. The molecule has 1 unspecified atom stereocenters. The summed E-state index contributed by atoms with van der Waals surface area (Å²) in [4.78, 5) is 36.7. The van der Waals surface area contributed by atoms with Crippen LogP contribution in [-0.2, 0) is 14.4 Å². The van der Waals surface area contributed by atoms with Crippen molar-refractivity contribution in [3.05, 3.63) is 0 Å². The third-order valence-electron chi connectivity index (χ3n) is 4.13. The summed E-state index contributed by atoms with van der Waals surface area (Å²) in [5.41, 5.74) is -1.09. The molecule has 0 spiro atoms. The Morgan fingerprint density at radius 1 is 1.42 bits per heavy atom. The van der Waals surface area contributed by atoms with Crippen LogP contribution in [0.4, 0.5) is 0 Å². The molecule has 1 aliphatic heterocycles. The molecular weight excluding hydrogens is 248 g/mol. The topological polar surface area (TPSA) is 86.7 Å². The lowest BCUT2D eigenvalue weighted by Crippen LogP contribution is -2.60. The smallest absolute Gasteiger partial charge is 0.329 e. The third-order valence-corrected chi connectivity index (χ3v) is 4.13. The Balaban J connectivity index is 1.98. The highest BCUT2D eigenvalue weighted by atomic mass is 16.4. The van der Waals surface area contributed by atoms with Crippen molar-refractivity contribution in [3.8, 4) is 0 Å². The van der Waals surface area contributed by atoms with E-state index in [1.165, 1.54) is 0 Å². The van der Waals surface area contributed by atoms with E-state index < -0.39 is 17.4 Å². The Morgan fingerprint density at radius 3 is 2.42 bits per heavy atom. The molecule has 0 aromatic rings. The molecule has 2 rings (SSSR count). The number of carboxylic acid groups (broad SMARTS) is 1. The molecule has 2 aliphatic rings. The average molecular weight is 268 g/mol. The van der Waals surface area contributed by atoms with Crippen molar-refractivity contribution >= 4 is 17.8 Å². The maximum Gasteiger partial charge on any atom is 0.329 e. The molecule has 2 amide bonds. The van der Waals surface area contributed by atoms with Gasteiger partial charge in [0.25, 0.3) is 0 Å². The van der Waals surface area contributed by atoms with Crippen molar-refractivity contribution in [2.24, 2.45) is 5.92 Å². The van der Waals surface area contributed by atoms with Gasteiger partial charge < -0.3 is 15.3 Å². The molecule has 1 atom stereocenters. The summed E-state index contributed by atoms with van der Waals surface area (Å²) in [7, 11) is 0. The first kappa shape index (κ1) is 13.8. The van der Waals surface area contributed by atoms with Gasteiger partial charge in [0.2, 0.25) is 11.8 Å². The summed E-state index contributed by atoms with van der Waals surface area (Å²) in [5, 5.41) is 11.8. The number of rotatable bonds is 4. The minimum Gasteiger partial charge on any atom is -0.480 e. The van der Waals surface area contributed by atoms with Crippen LogP contribution >= 0.6 is 0 Å². The van der Waals surface area contributed by atoms with Crippen molar-refractivity contribution in [3.63, 3.8) is 0 Å². The Kier molecular flexibility index (Phi) is 3.52. The second-order valence-corrected chi connectivity index (χ2v) is 5.77. The van der Waals surface area contributed by atoms with Crippen LogP contribution in [0.3, 0.4) is 0 Å². The van der Waals surface area contributed by atoms with Crippen LogP contribution in [-0.4, -0.2) is 45.9 Å². The van der Waals surface area contributed by atoms with E-state index in [0.717, 1.165) is 6.42 Å². The van der Waals surface area contributed by atoms with Gasteiger partial charge in [-0.05, 0) is 33.1 Å². The molecular formula is C13H20N2O4. The number of carboxylic acids is 1. The van der Waals surface area contributed by atoms with Crippen molar-refractivity contribution in [1.29, 1.82) is 0 Å². The molecule has 0 radical (unpaired) electrons. The Labute approximate surface area is 112 Å². The van der Waals surface area contributed by atoms with Gasteiger partial charge in [-0.2, -0.15) is 0 Å². The van der Waals surface area contributed by atoms with Crippen LogP contribution in [0.15, 0.2) is 0 Å². The first-order chi connectivity index (χ1) is 8.85. The minimum atomic E-state index is -1.09. The fourth-order valence-corrected chi connectivity index (χ4v) is 2.67. The van der Waals surface area contributed by atoms with E-state index in [4.69, 9.17) is 0 Å². The fourth-order valence-electron chi connectivity index (χ4n) is 2.67. The minimum absolute atomic E-state index is 0.0341. The number of hydrogen-bond donors (Lipinski definition) is 2. The van der Waals surface area contributed by atoms with Crippen molar-refractivity contribution < 1.29 is 19.5 Å². The summed E-state index contributed by atoms with van der Waals surface area (Å²) in [6, 6.07) is 0.0717. The third kappa shape index (κ3) is 2.43. The molecule has 1 heterocycles. The first-order valence-corrected chi connectivity index (χ1v) is 6.70. The quantitative estimate of drug-likeness (QED) is 0.771. The second-order valence-electron chi connectivity index (χ2n) is 5.77. The van der Waals surface area contributed by atoms with Crippen molar-refractivity contribution in [2.75, 3.05) is 6.54 Å². The van der Waals surface area contributed by atoms with Gasteiger partial charge in [0.05, 0.1) is 5.92 Å². The van der Waals surface area contributed by atoms with Crippen LogP contribution in [0, 0.1) is 5.92 Å². The van der Waals surface area contributed by atoms with Gasteiger partial charge in [-0.15, -0.1) is 0 Å². The predicted octanol–water partition coefficient (Wildman–Crippen LogP) is 0.367. The number of aliphatic carboxylic acids is 1. The standard InChI is InChI=1S/C13H20N2O4/c1-8(2)15-7-9(6-10(15)16)11(17)14-13(12(18)19)4-3-5-13/h8-9H,3-7H2,1-2H3,(H,14,17)(H,18,19). The fraction of sp³-hybridized carbons (Fsp3) is 0.769. The zero-order valence-corrected chi connectivity index (χ0v) is 11.3. The second kappa shape index (κ2) is 4.83. The summed E-state index contributed by atoms with van der Waals surface area (Å²) >= 11 is 0. The molecule has 0 bridgehead atoms. The zero-order chi connectivity index (χ0) is 14.2. The molecule has 1 aliphatic carbocycles. The van der Waals surface area contributed by atoms with Crippen LogP contribution < -0.4 is 5.32 Å². The number of carbonyl (C=O) groups is 3. The van der Waals surface area contributed by atoms with Crippen molar-refractivity contribution in [2.45, 2.75) is 51.1 Å². The van der Waals surface area contributed by atoms with Gasteiger partial charge in [-0.25, -0.2) is 4.79 Å². The lowest BCUT2D eigenvalue weighted by Gasteiger charge is -2.38. The van der Waals surface area contributed by atoms with E-state index in [-0.39, 0.29) is 24.3 Å². The molecule has 6 nitrogen and oxygen atoms in total. The van der Waals surface area contributed by atoms with Gasteiger partial charge in [0, 0.05) is 19.0 Å². The summed E-state index contributed by atoms with van der Waals surface area (Å²) < 4.78 is 0. The number of carbonyl (C=O) groups excluding carboxylic acids is 2. The van der Waals surface area contributed by atoms with E-state index in [2.05, 4.69) is 5.32 Å². The van der Waals surface area contributed by atoms with Gasteiger partial charge >= 0.3 is 5.97 Å². The van der Waals surface area contributed by atoms with Crippen LogP contribution in [0.5, 0.6) is 0 Å². The van der Waals surface area contributed by atoms with Gasteiger partial charge in [-0.1, -0.05) is 0 Å². The largest absolute Gasteiger partial charge is 0.480 e. The normalized spacial score (nSPS) is 25.3. The number of likely N-dealkylation sites (tertiary alicyclic amines) is 1. The molecule has 6 heteroatoms. The monoisotopic (exact) mass is 268 g/mol. The summed E-state index contributed by atoms with van der Waals surface area (Å²) in [5.74, 6) is -1.74. The number of nitrogens with one attached hydrogen (secondary N) is 1. The molecule has 0 aromatic heterocycles. The van der Waals surface area contributed by atoms with E-state index in [9.17, 15) is 19.5 Å². The van der Waals surface area contributed by atoms with Gasteiger partial charge in [0.15, 0.2) is 0 Å². The SMILES string of the molecule is CC(C)N1CC(C(=O)NC2(C(=O)O)CCC2)CC1=O. The number of amides is 2. The van der Waals surface area contributed by atoms with E-state index in [0.29, 0.717) is 19.4 Å². The van der Waals surface area contributed by atoms with Gasteiger partial charge in [-0.3, -0.25) is 9.59 Å². The highest BCUT2D eigenvalue weighted by Crippen LogP contribution is 2.33. The maximum absolute atomic E-state index is 12.1. The Hall–Kier alpha value is -1.59. The first-order valence-electron chi connectivity index (χ1n) is 6.70. The Morgan fingerprint density at radius 2 is 2.05 bits per heavy atom. The van der Waals surface area contributed by atoms with E-state index >= 15 is 0 Å². The Bertz CT molecular complexity index is 415. The van der Waals surface area contributed by atoms with Crippen molar-refractivity contribution in [1.82, 2.24) is 10.2 Å².